The lowest BCUT2D eigenvalue weighted by molar-refractivity contribution is -0.119. The van der Waals surface area contributed by atoms with Crippen molar-refractivity contribution in [2.75, 3.05) is 39.2 Å². The molecule has 2 aromatic carbocycles. The van der Waals surface area contributed by atoms with Crippen molar-refractivity contribution < 1.29 is 32.2 Å². The molecule has 2 rings (SSSR count). The van der Waals surface area contributed by atoms with Gasteiger partial charge in [0.2, 0.25) is 10.0 Å². The van der Waals surface area contributed by atoms with Gasteiger partial charge in [-0.25, -0.2) is 17.5 Å². The number of nitrogens with zero attached hydrogens (tertiary/aromatic N) is 1. The summed E-state index contributed by atoms with van der Waals surface area (Å²) in [5.41, 5.74) is 0.474. The van der Waals surface area contributed by atoms with Crippen molar-refractivity contribution in [3.8, 4) is 11.5 Å². The topological polar surface area (TPSA) is 111 Å². The predicted octanol–water partition coefficient (Wildman–Crippen LogP) is 2.53. The van der Waals surface area contributed by atoms with Gasteiger partial charge < -0.3 is 19.5 Å². The van der Waals surface area contributed by atoms with E-state index < -0.39 is 28.5 Å². The Hall–Kier alpha value is -3.11. The first-order valence-corrected chi connectivity index (χ1v) is 11.0. The second-order valence-corrected chi connectivity index (χ2v) is 8.62. The molecule has 2 aromatic rings. The lowest BCUT2D eigenvalue weighted by atomic mass is 10.2. The molecule has 10 heteroatoms. The number of carbonyl (C=O) groups excluding carboxylic acids is 2. The SMILES string of the molecule is CCOc1ccc(NC(=O)COC(=O)c2cccc(S(=O)(=O)N(C)C)c2)cc1OCC. The molecular formula is C21H26N2O7S. The highest BCUT2D eigenvalue weighted by atomic mass is 32.2. The summed E-state index contributed by atoms with van der Waals surface area (Å²) >= 11 is 0. The zero-order valence-electron chi connectivity index (χ0n) is 17.9. The number of amides is 1. The molecule has 0 aliphatic rings. The number of ether oxygens (including phenoxy) is 3. The summed E-state index contributed by atoms with van der Waals surface area (Å²) in [5.74, 6) is -0.330. The maximum atomic E-state index is 12.3. The van der Waals surface area contributed by atoms with E-state index in [1.807, 2.05) is 13.8 Å². The van der Waals surface area contributed by atoms with Gasteiger partial charge in [0, 0.05) is 25.8 Å². The molecule has 0 heterocycles. The summed E-state index contributed by atoms with van der Waals surface area (Å²) in [7, 11) is -0.915. The van der Waals surface area contributed by atoms with E-state index in [4.69, 9.17) is 14.2 Å². The fourth-order valence-corrected chi connectivity index (χ4v) is 3.48. The fraction of sp³-hybridized carbons (Fsp3) is 0.333. The Balaban J connectivity index is 2.02. The van der Waals surface area contributed by atoms with Crippen LogP contribution in [0, 0.1) is 0 Å². The maximum absolute atomic E-state index is 12.3. The van der Waals surface area contributed by atoms with Crippen molar-refractivity contribution in [1.29, 1.82) is 0 Å². The maximum Gasteiger partial charge on any atom is 0.338 e. The minimum Gasteiger partial charge on any atom is -0.490 e. The number of nitrogens with one attached hydrogen (secondary N) is 1. The van der Waals surface area contributed by atoms with Gasteiger partial charge in [-0.05, 0) is 44.2 Å². The molecule has 0 spiro atoms. The first kappa shape index (κ1) is 24.2. The zero-order valence-corrected chi connectivity index (χ0v) is 18.7. The van der Waals surface area contributed by atoms with Gasteiger partial charge in [0.25, 0.3) is 5.91 Å². The van der Waals surface area contributed by atoms with Gasteiger partial charge in [-0.3, -0.25) is 4.79 Å². The number of benzene rings is 2. The van der Waals surface area contributed by atoms with Crippen LogP contribution in [0.2, 0.25) is 0 Å². The Bertz CT molecular complexity index is 1040. The molecule has 0 unspecified atom stereocenters. The first-order chi connectivity index (χ1) is 14.7. The number of esters is 1. The third kappa shape index (κ3) is 6.43. The summed E-state index contributed by atoms with van der Waals surface area (Å²) in [6.07, 6.45) is 0. The Kier molecular flexibility index (Phi) is 8.40. The molecule has 31 heavy (non-hydrogen) atoms. The normalized spacial score (nSPS) is 11.1. The van der Waals surface area contributed by atoms with Crippen molar-refractivity contribution in [1.82, 2.24) is 4.31 Å². The number of sulfonamides is 1. The van der Waals surface area contributed by atoms with E-state index in [0.29, 0.717) is 30.4 Å². The number of anilines is 1. The summed E-state index contributed by atoms with van der Waals surface area (Å²) in [5, 5.41) is 2.61. The molecule has 168 valence electrons. The van der Waals surface area contributed by atoms with Gasteiger partial charge in [-0.2, -0.15) is 0 Å². The molecule has 0 saturated carbocycles. The minimum atomic E-state index is -3.70. The van der Waals surface area contributed by atoms with E-state index in [1.165, 1.54) is 38.4 Å². The Labute approximate surface area is 182 Å². The van der Waals surface area contributed by atoms with E-state index >= 15 is 0 Å². The average Bonchev–Trinajstić information content (AvgIpc) is 2.74. The van der Waals surface area contributed by atoms with Gasteiger partial charge in [0.15, 0.2) is 18.1 Å². The van der Waals surface area contributed by atoms with Crippen molar-refractivity contribution >= 4 is 27.6 Å². The van der Waals surface area contributed by atoms with Crippen LogP contribution in [0.25, 0.3) is 0 Å². The van der Waals surface area contributed by atoms with Crippen LogP contribution in [-0.4, -0.2) is 58.5 Å². The molecule has 0 radical (unpaired) electrons. The van der Waals surface area contributed by atoms with Gasteiger partial charge in [0.05, 0.1) is 23.7 Å². The van der Waals surface area contributed by atoms with Gasteiger partial charge in [0.1, 0.15) is 0 Å². The summed E-state index contributed by atoms with van der Waals surface area (Å²) < 4.78 is 41.4. The second-order valence-electron chi connectivity index (χ2n) is 6.47. The highest BCUT2D eigenvalue weighted by Gasteiger charge is 2.19. The van der Waals surface area contributed by atoms with Crippen LogP contribution in [0.1, 0.15) is 24.2 Å². The molecule has 0 aromatic heterocycles. The highest BCUT2D eigenvalue weighted by Crippen LogP contribution is 2.30. The quantitative estimate of drug-likeness (QED) is 0.554. The smallest absolute Gasteiger partial charge is 0.338 e. The zero-order chi connectivity index (χ0) is 23.0. The summed E-state index contributed by atoms with van der Waals surface area (Å²) in [6, 6.07) is 10.4. The minimum absolute atomic E-state index is 0.0235. The number of hydrogen-bond donors (Lipinski definition) is 1. The van der Waals surface area contributed by atoms with Crippen LogP contribution >= 0.6 is 0 Å². The standard InChI is InChI=1S/C21H26N2O7S/c1-5-28-18-11-10-16(13-19(18)29-6-2)22-20(24)14-30-21(25)15-8-7-9-17(12-15)31(26,27)23(3)4/h7-13H,5-6,14H2,1-4H3,(H,22,24). The molecule has 1 N–H and O–H groups in total. The predicted molar refractivity (Wildman–Crippen MR) is 115 cm³/mol. The van der Waals surface area contributed by atoms with E-state index in [9.17, 15) is 18.0 Å². The van der Waals surface area contributed by atoms with Crippen LogP contribution in [0.4, 0.5) is 5.69 Å². The third-order valence-electron chi connectivity index (χ3n) is 4.01. The van der Waals surface area contributed by atoms with Crippen molar-refractivity contribution in [3.05, 3.63) is 48.0 Å². The van der Waals surface area contributed by atoms with E-state index in [-0.39, 0.29) is 10.5 Å². The van der Waals surface area contributed by atoms with Crippen molar-refractivity contribution in [3.63, 3.8) is 0 Å². The van der Waals surface area contributed by atoms with Crippen LogP contribution in [-0.2, 0) is 19.6 Å². The largest absolute Gasteiger partial charge is 0.490 e. The molecule has 9 nitrogen and oxygen atoms in total. The summed E-state index contributed by atoms with van der Waals surface area (Å²) in [4.78, 5) is 24.4. The van der Waals surface area contributed by atoms with Crippen LogP contribution < -0.4 is 14.8 Å². The molecular weight excluding hydrogens is 424 g/mol. The lowest BCUT2D eigenvalue weighted by Crippen LogP contribution is -2.23. The number of carbonyl (C=O) groups is 2. The summed E-state index contributed by atoms with van der Waals surface area (Å²) in [6.45, 7) is 4.04. The Morgan fingerprint density at radius 3 is 2.29 bits per heavy atom. The molecule has 0 bridgehead atoms. The van der Waals surface area contributed by atoms with Crippen molar-refractivity contribution in [2.24, 2.45) is 0 Å². The van der Waals surface area contributed by atoms with Gasteiger partial charge in [-0.15, -0.1) is 0 Å². The Morgan fingerprint density at radius 2 is 1.65 bits per heavy atom. The second kappa shape index (κ2) is 10.8. The third-order valence-corrected chi connectivity index (χ3v) is 5.82. The Morgan fingerprint density at radius 1 is 0.968 bits per heavy atom. The highest BCUT2D eigenvalue weighted by molar-refractivity contribution is 7.89. The van der Waals surface area contributed by atoms with Crippen LogP contribution in [0.5, 0.6) is 11.5 Å². The number of rotatable bonds is 10. The monoisotopic (exact) mass is 450 g/mol. The van der Waals surface area contributed by atoms with E-state index in [0.717, 1.165) is 4.31 Å². The fourth-order valence-electron chi connectivity index (χ4n) is 2.53. The van der Waals surface area contributed by atoms with Crippen molar-refractivity contribution in [2.45, 2.75) is 18.7 Å². The average molecular weight is 451 g/mol. The van der Waals surface area contributed by atoms with E-state index in [2.05, 4.69) is 5.32 Å². The van der Waals surface area contributed by atoms with Crippen LogP contribution in [0.3, 0.4) is 0 Å². The first-order valence-electron chi connectivity index (χ1n) is 9.58. The molecule has 0 saturated heterocycles. The molecule has 0 aliphatic carbocycles. The number of hydrogen-bond acceptors (Lipinski definition) is 7. The lowest BCUT2D eigenvalue weighted by Gasteiger charge is -2.13. The van der Waals surface area contributed by atoms with Crippen LogP contribution in [0.15, 0.2) is 47.4 Å². The van der Waals surface area contributed by atoms with Gasteiger partial charge in [-0.1, -0.05) is 6.07 Å². The molecule has 0 atom stereocenters. The van der Waals surface area contributed by atoms with E-state index in [1.54, 1.807) is 18.2 Å². The molecule has 1 amide bonds. The molecule has 0 aliphatic heterocycles. The van der Waals surface area contributed by atoms with Gasteiger partial charge >= 0.3 is 5.97 Å². The molecule has 0 fully saturated rings.